The van der Waals surface area contributed by atoms with Crippen molar-refractivity contribution in [3.63, 3.8) is 0 Å². The van der Waals surface area contributed by atoms with Crippen molar-refractivity contribution in [2.75, 3.05) is 14.2 Å². The summed E-state index contributed by atoms with van der Waals surface area (Å²) in [6, 6.07) is 8.78. The van der Waals surface area contributed by atoms with Gasteiger partial charge in [-0.2, -0.15) is 5.26 Å². The van der Waals surface area contributed by atoms with Crippen LogP contribution in [-0.2, 0) is 4.79 Å². The van der Waals surface area contributed by atoms with Crippen LogP contribution in [0, 0.1) is 17.2 Å². The van der Waals surface area contributed by atoms with Gasteiger partial charge in [0.05, 0.1) is 13.2 Å². The molecule has 1 aromatic rings. The number of benzene rings is 1. The van der Waals surface area contributed by atoms with Crippen LogP contribution in [0.15, 0.2) is 24.3 Å². The standard InChI is InChI=1S/C14H18N2O2/c1-10(2)14(17)16(3)12(9-15)11-7-5-6-8-13(11)18-4/h5-8,10,12H,1-4H3. The second-order valence-corrected chi connectivity index (χ2v) is 4.38. The van der Waals surface area contributed by atoms with Crippen LogP contribution in [0.1, 0.15) is 25.5 Å². The van der Waals surface area contributed by atoms with Gasteiger partial charge in [0.15, 0.2) is 0 Å². The number of hydrogen-bond donors (Lipinski definition) is 0. The Balaban J connectivity index is 3.11. The van der Waals surface area contributed by atoms with Crippen LogP contribution in [0.5, 0.6) is 5.75 Å². The quantitative estimate of drug-likeness (QED) is 0.819. The topological polar surface area (TPSA) is 53.3 Å². The molecule has 0 aromatic heterocycles. The van der Waals surface area contributed by atoms with Crippen molar-refractivity contribution in [2.45, 2.75) is 19.9 Å². The summed E-state index contributed by atoms with van der Waals surface area (Å²) in [7, 11) is 3.19. The average Bonchev–Trinajstić information content (AvgIpc) is 2.38. The second-order valence-electron chi connectivity index (χ2n) is 4.38. The highest BCUT2D eigenvalue weighted by Gasteiger charge is 2.25. The van der Waals surface area contributed by atoms with E-state index in [4.69, 9.17) is 4.74 Å². The van der Waals surface area contributed by atoms with Crippen molar-refractivity contribution in [1.29, 1.82) is 5.26 Å². The van der Waals surface area contributed by atoms with E-state index in [0.29, 0.717) is 11.3 Å². The van der Waals surface area contributed by atoms with Crippen molar-refractivity contribution in [2.24, 2.45) is 5.92 Å². The first kappa shape index (κ1) is 14.0. The van der Waals surface area contributed by atoms with E-state index in [0.717, 1.165) is 0 Å². The van der Waals surface area contributed by atoms with Gasteiger partial charge in [-0.15, -0.1) is 0 Å². The summed E-state index contributed by atoms with van der Waals surface area (Å²) in [4.78, 5) is 13.4. The van der Waals surface area contributed by atoms with Gasteiger partial charge >= 0.3 is 0 Å². The summed E-state index contributed by atoms with van der Waals surface area (Å²) >= 11 is 0. The fourth-order valence-electron chi connectivity index (χ4n) is 1.79. The molecular formula is C14H18N2O2. The molecule has 0 saturated heterocycles. The maximum absolute atomic E-state index is 12.0. The van der Waals surface area contributed by atoms with Crippen molar-refractivity contribution < 1.29 is 9.53 Å². The van der Waals surface area contributed by atoms with Gasteiger partial charge in [0.1, 0.15) is 11.8 Å². The molecule has 4 heteroatoms. The Hall–Kier alpha value is -2.02. The molecule has 1 atom stereocenters. The molecule has 0 saturated carbocycles. The summed E-state index contributed by atoms with van der Waals surface area (Å²) < 4.78 is 5.23. The smallest absolute Gasteiger partial charge is 0.226 e. The number of carbonyl (C=O) groups excluding carboxylic acids is 1. The lowest BCUT2D eigenvalue weighted by molar-refractivity contribution is -0.134. The van der Waals surface area contributed by atoms with Crippen LogP contribution in [0.3, 0.4) is 0 Å². The van der Waals surface area contributed by atoms with E-state index in [1.165, 1.54) is 4.90 Å². The van der Waals surface area contributed by atoms with E-state index in [-0.39, 0.29) is 11.8 Å². The minimum Gasteiger partial charge on any atom is -0.496 e. The molecule has 96 valence electrons. The van der Waals surface area contributed by atoms with E-state index < -0.39 is 6.04 Å². The Labute approximate surface area is 108 Å². The Morgan fingerprint density at radius 3 is 2.50 bits per heavy atom. The second kappa shape index (κ2) is 6.06. The van der Waals surface area contributed by atoms with Gasteiger partial charge in [-0.3, -0.25) is 4.79 Å². The number of methoxy groups -OCH3 is 1. The third-order valence-corrected chi connectivity index (χ3v) is 2.78. The van der Waals surface area contributed by atoms with Crippen LogP contribution in [0.25, 0.3) is 0 Å². The van der Waals surface area contributed by atoms with E-state index >= 15 is 0 Å². The van der Waals surface area contributed by atoms with E-state index in [1.807, 2.05) is 26.0 Å². The average molecular weight is 246 g/mol. The molecule has 0 fully saturated rings. The maximum Gasteiger partial charge on any atom is 0.226 e. The van der Waals surface area contributed by atoms with Crippen LogP contribution >= 0.6 is 0 Å². The lowest BCUT2D eigenvalue weighted by Crippen LogP contribution is -2.33. The Kier molecular flexibility index (Phi) is 4.73. The fraction of sp³-hybridized carbons (Fsp3) is 0.429. The minimum absolute atomic E-state index is 0.0625. The molecule has 0 radical (unpaired) electrons. The van der Waals surface area contributed by atoms with Gasteiger partial charge < -0.3 is 9.64 Å². The molecule has 0 bridgehead atoms. The molecule has 1 rings (SSSR count). The van der Waals surface area contributed by atoms with Gasteiger partial charge in [-0.25, -0.2) is 0 Å². The Morgan fingerprint density at radius 1 is 1.39 bits per heavy atom. The lowest BCUT2D eigenvalue weighted by Gasteiger charge is -2.25. The molecule has 0 aliphatic carbocycles. The number of para-hydroxylation sites is 1. The molecule has 0 aliphatic rings. The number of hydrogen-bond acceptors (Lipinski definition) is 3. The van der Waals surface area contributed by atoms with Gasteiger partial charge in [0.25, 0.3) is 0 Å². The molecule has 0 heterocycles. The summed E-state index contributed by atoms with van der Waals surface area (Å²) in [6.07, 6.45) is 0. The number of rotatable bonds is 4. The normalized spacial score (nSPS) is 11.8. The summed E-state index contributed by atoms with van der Waals surface area (Å²) in [5.74, 6) is 0.417. The fourth-order valence-corrected chi connectivity index (χ4v) is 1.79. The summed E-state index contributed by atoms with van der Waals surface area (Å²) in [5.41, 5.74) is 0.707. The zero-order chi connectivity index (χ0) is 13.7. The van der Waals surface area contributed by atoms with Crippen LogP contribution in [0.2, 0.25) is 0 Å². The third-order valence-electron chi connectivity index (χ3n) is 2.78. The molecule has 0 N–H and O–H groups in total. The monoisotopic (exact) mass is 246 g/mol. The van der Waals surface area contributed by atoms with Gasteiger partial charge in [-0.1, -0.05) is 32.0 Å². The van der Waals surface area contributed by atoms with Crippen molar-refractivity contribution in [3.05, 3.63) is 29.8 Å². The van der Waals surface area contributed by atoms with E-state index in [1.54, 1.807) is 26.3 Å². The zero-order valence-electron chi connectivity index (χ0n) is 11.2. The van der Waals surface area contributed by atoms with Gasteiger partial charge in [0.2, 0.25) is 5.91 Å². The van der Waals surface area contributed by atoms with Gasteiger partial charge in [-0.05, 0) is 6.07 Å². The molecule has 18 heavy (non-hydrogen) atoms. The molecule has 0 spiro atoms. The van der Waals surface area contributed by atoms with Crippen molar-refractivity contribution >= 4 is 5.91 Å². The molecule has 1 unspecified atom stereocenters. The van der Waals surface area contributed by atoms with Crippen molar-refractivity contribution in [1.82, 2.24) is 4.90 Å². The first-order valence-electron chi connectivity index (χ1n) is 5.82. The number of carbonyl (C=O) groups is 1. The molecule has 1 amide bonds. The number of ether oxygens (including phenoxy) is 1. The first-order chi connectivity index (χ1) is 8.52. The minimum atomic E-state index is -0.629. The van der Waals surface area contributed by atoms with Crippen LogP contribution < -0.4 is 4.74 Å². The SMILES string of the molecule is COc1ccccc1C(C#N)N(C)C(=O)C(C)C. The maximum atomic E-state index is 12.0. The Bertz CT molecular complexity index is 463. The van der Waals surface area contributed by atoms with Crippen molar-refractivity contribution in [3.8, 4) is 11.8 Å². The summed E-state index contributed by atoms with van der Waals surface area (Å²) in [5, 5.41) is 9.30. The molecule has 1 aromatic carbocycles. The molecule has 0 aliphatic heterocycles. The largest absolute Gasteiger partial charge is 0.496 e. The van der Waals surface area contributed by atoms with Crippen LogP contribution in [-0.4, -0.2) is 25.0 Å². The lowest BCUT2D eigenvalue weighted by atomic mass is 10.0. The molecule has 4 nitrogen and oxygen atoms in total. The first-order valence-corrected chi connectivity index (χ1v) is 5.82. The highest BCUT2D eigenvalue weighted by Crippen LogP contribution is 2.28. The number of amides is 1. The predicted molar refractivity (Wildman–Crippen MR) is 69.0 cm³/mol. The van der Waals surface area contributed by atoms with E-state index in [9.17, 15) is 10.1 Å². The predicted octanol–water partition coefficient (Wildman–Crippen LogP) is 2.37. The van der Waals surface area contributed by atoms with Gasteiger partial charge in [0, 0.05) is 18.5 Å². The number of nitriles is 1. The summed E-state index contributed by atoms with van der Waals surface area (Å²) in [6.45, 7) is 3.63. The highest BCUT2D eigenvalue weighted by atomic mass is 16.5. The van der Waals surface area contributed by atoms with E-state index in [2.05, 4.69) is 6.07 Å². The zero-order valence-corrected chi connectivity index (χ0v) is 11.2. The Morgan fingerprint density at radius 2 is 2.00 bits per heavy atom. The number of nitrogens with zero attached hydrogens (tertiary/aromatic N) is 2. The third kappa shape index (κ3) is 2.80. The van der Waals surface area contributed by atoms with Crippen LogP contribution in [0.4, 0.5) is 0 Å². The molecular weight excluding hydrogens is 228 g/mol. The highest BCUT2D eigenvalue weighted by molar-refractivity contribution is 5.78.